The average molecular weight is 272 g/mol. The number of benzene rings is 1. The summed E-state index contributed by atoms with van der Waals surface area (Å²) in [7, 11) is 0. The Hall–Kier alpha value is -1.32. The van der Waals surface area contributed by atoms with E-state index in [1.165, 1.54) is 4.90 Å². The van der Waals surface area contributed by atoms with Gasteiger partial charge >= 0.3 is 0 Å². The number of hydrogen-bond donors (Lipinski definition) is 0. The Morgan fingerprint density at radius 1 is 1.28 bits per heavy atom. The predicted octanol–water partition coefficient (Wildman–Crippen LogP) is 4.76. The third-order valence-electron chi connectivity index (χ3n) is 3.11. The van der Waals surface area contributed by atoms with Crippen LogP contribution in [0.2, 0.25) is 0 Å². The summed E-state index contributed by atoms with van der Waals surface area (Å²) >= 11 is 3.35. The van der Waals surface area contributed by atoms with Gasteiger partial charge in [-0.15, -0.1) is 17.9 Å². The van der Waals surface area contributed by atoms with Crippen LogP contribution >= 0.6 is 23.1 Å². The van der Waals surface area contributed by atoms with E-state index >= 15 is 0 Å². The van der Waals surface area contributed by atoms with Crippen LogP contribution < -0.4 is 0 Å². The average Bonchev–Trinajstić information content (AvgIpc) is 2.80. The van der Waals surface area contributed by atoms with Crippen LogP contribution in [0.5, 0.6) is 0 Å². The van der Waals surface area contributed by atoms with Crippen LogP contribution in [0.15, 0.2) is 57.5 Å². The fraction of sp³-hybridized carbons (Fsp3) is 0.133. The van der Waals surface area contributed by atoms with Gasteiger partial charge in [0.2, 0.25) is 0 Å². The molecule has 0 spiro atoms. The minimum Gasteiger partial charge on any atom is -0.293 e. The van der Waals surface area contributed by atoms with Gasteiger partial charge in [-0.2, -0.15) is 0 Å². The van der Waals surface area contributed by atoms with E-state index in [1.54, 1.807) is 23.1 Å². The van der Waals surface area contributed by atoms with Crippen LogP contribution in [0.1, 0.15) is 28.3 Å². The molecule has 0 radical (unpaired) electrons. The number of Topliss-reactive ketones (excluding diaryl/α,β-unsaturated/α-hetero) is 1. The number of fused-ring (bicyclic) bond motifs is 2. The van der Waals surface area contributed by atoms with Gasteiger partial charge in [-0.05, 0) is 29.5 Å². The van der Waals surface area contributed by atoms with Gasteiger partial charge in [0.05, 0.1) is 10.1 Å². The molecule has 1 aliphatic heterocycles. The topological polar surface area (TPSA) is 17.1 Å². The van der Waals surface area contributed by atoms with Crippen molar-refractivity contribution in [1.29, 1.82) is 0 Å². The fourth-order valence-electron chi connectivity index (χ4n) is 2.25. The molecular formula is C15H12OS2. The van der Waals surface area contributed by atoms with Crippen molar-refractivity contribution < 1.29 is 4.79 Å². The number of allylic oxidation sites excluding steroid dienone is 1. The lowest BCUT2D eigenvalue weighted by atomic mass is 9.89. The van der Waals surface area contributed by atoms with Crippen molar-refractivity contribution in [3.8, 4) is 0 Å². The Labute approximate surface area is 115 Å². The van der Waals surface area contributed by atoms with Gasteiger partial charge in [0.25, 0.3) is 0 Å². The molecule has 2 heterocycles. The number of ketones is 1. The summed E-state index contributed by atoms with van der Waals surface area (Å²) in [5, 5.41) is 1.99. The van der Waals surface area contributed by atoms with Crippen LogP contribution in [-0.4, -0.2) is 5.78 Å². The molecule has 0 amide bonds. The van der Waals surface area contributed by atoms with E-state index in [0.29, 0.717) is 6.42 Å². The van der Waals surface area contributed by atoms with Crippen LogP contribution in [0.25, 0.3) is 0 Å². The van der Waals surface area contributed by atoms with Crippen molar-refractivity contribution in [2.75, 3.05) is 0 Å². The maximum Gasteiger partial charge on any atom is 0.172 e. The lowest BCUT2D eigenvalue weighted by Gasteiger charge is -2.13. The highest BCUT2D eigenvalue weighted by atomic mass is 32.2. The Balaban J connectivity index is 2.19. The fourth-order valence-corrected chi connectivity index (χ4v) is 4.45. The second kappa shape index (κ2) is 4.75. The van der Waals surface area contributed by atoms with Crippen LogP contribution in [0.4, 0.5) is 0 Å². The smallest absolute Gasteiger partial charge is 0.172 e. The Morgan fingerprint density at radius 3 is 2.94 bits per heavy atom. The summed E-state index contributed by atoms with van der Waals surface area (Å²) < 4.78 is 1.11. The molecule has 0 fully saturated rings. The number of hydrogen-bond acceptors (Lipinski definition) is 3. The van der Waals surface area contributed by atoms with E-state index in [0.717, 1.165) is 15.3 Å². The van der Waals surface area contributed by atoms with Gasteiger partial charge in [-0.1, -0.05) is 36.0 Å². The summed E-state index contributed by atoms with van der Waals surface area (Å²) in [5.74, 6) is 0.144. The first-order chi connectivity index (χ1) is 8.81. The summed E-state index contributed by atoms with van der Waals surface area (Å²) in [5.41, 5.74) is 2.00. The Bertz CT molecular complexity index is 612. The normalized spacial score (nSPS) is 17.8. The quantitative estimate of drug-likeness (QED) is 0.733. The molecule has 18 heavy (non-hydrogen) atoms. The van der Waals surface area contributed by atoms with Gasteiger partial charge in [0.15, 0.2) is 5.78 Å². The second-order valence-corrected chi connectivity index (χ2v) is 6.43. The van der Waals surface area contributed by atoms with Crippen molar-refractivity contribution in [3.63, 3.8) is 0 Å². The minimum atomic E-state index is -0.0814. The van der Waals surface area contributed by atoms with Crippen molar-refractivity contribution in [2.24, 2.45) is 0 Å². The number of carbonyl (C=O) groups is 1. The molecule has 0 bridgehead atoms. The van der Waals surface area contributed by atoms with E-state index in [2.05, 4.69) is 18.7 Å². The van der Waals surface area contributed by atoms with Gasteiger partial charge in [-0.3, -0.25) is 4.79 Å². The lowest BCUT2D eigenvalue weighted by Crippen LogP contribution is -2.11. The summed E-state index contributed by atoms with van der Waals surface area (Å²) in [4.78, 5) is 13.8. The number of thiophene rings is 1. The van der Waals surface area contributed by atoms with Gasteiger partial charge in [-0.25, -0.2) is 0 Å². The van der Waals surface area contributed by atoms with Crippen LogP contribution in [-0.2, 0) is 0 Å². The molecule has 1 unspecified atom stereocenters. The first-order valence-corrected chi connectivity index (χ1v) is 7.50. The number of carbonyl (C=O) groups excluding carboxylic acids is 1. The Morgan fingerprint density at radius 2 is 2.11 bits per heavy atom. The summed E-state index contributed by atoms with van der Waals surface area (Å²) in [6.07, 6.45) is 2.53. The molecular weight excluding hydrogens is 260 g/mol. The maximum absolute atomic E-state index is 12.6. The molecule has 1 aliphatic rings. The van der Waals surface area contributed by atoms with E-state index in [9.17, 15) is 4.79 Å². The zero-order valence-electron chi connectivity index (χ0n) is 9.76. The van der Waals surface area contributed by atoms with Gasteiger partial charge in [0, 0.05) is 10.5 Å². The monoisotopic (exact) mass is 272 g/mol. The molecule has 3 heteroatoms. The third kappa shape index (κ3) is 1.84. The summed E-state index contributed by atoms with van der Waals surface area (Å²) in [6, 6.07) is 10.1. The Kier molecular flexibility index (Phi) is 3.10. The number of rotatable bonds is 2. The molecule has 1 aromatic heterocycles. The van der Waals surface area contributed by atoms with E-state index in [1.807, 2.05) is 29.7 Å². The van der Waals surface area contributed by atoms with Crippen LogP contribution in [0.3, 0.4) is 0 Å². The van der Waals surface area contributed by atoms with Gasteiger partial charge in [0.1, 0.15) is 0 Å². The van der Waals surface area contributed by atoms with Crippen molar-refractivity contribution in [3.05, 3.63) is 59.5 Å². The molecule has 0 saturated carbocycles. The second-order valence-electron chi connectivity index (χ2n) is 4.20. The van der Waals surface area contributed by atoms with Crippen molar-refractivity contribution >= 4 is 28.9 Å². The first-order valence-electron chi connectivity index (χ1n) is 5.80. The molecule has 3 rings (SSSR count). The predicted molar refractivity (Wildman–Crippen MR) is 76.8 cm³/mol. The van der Waals surface area contributed by atoms with Gasteiger partial charge < -0.3 is 0 Å². The molecule has 0 aliphatic carbocycles. The molecule has 90 valence electrons. The maximum atomic E-state index is 12.6. The van der Waals surface area contributed by atoms with E-state index < -0.39 is 0 Å². The molecule has 2 aromatic rings. The highest BCUT2D eigenvalue weighted by molar-refractivity contribution is 8.01. The van der Waals surface area contributed by atoms with E-state index in [-0.39, 0.29) is 11.7 Å². The molecule has 1 aromatic carbocycles. The molecule has 1 atom stereocenters. The van der Waals surface area contributed by atoms with Crippen molar-refractivity contribution in [2.45, 2.75) is 21.4 Å². The molecule has 0 saturated heterocycles. The third-order valence-corrected chi connectivity index (χ3v) is 5.35. The SMILES string of the molecule is C=CCC1C(=O)c2ccsc2Sc2ccccc21. The highest BCUT2D eigenvalue weighted by Gasteiger charge is 2.29. The standard InChI is InChI=1S/C15H12OS2/c1-2-5-11-10-6-3-4-7-13(10)18-15-12(14(11)16)8-9-17-15/h2-4,6-9,11H,1,5H2. The summed E-state index contributed by atoms with van der Waals surface area (Å²) in [6.45, 7) is 3.78. The van der Waals surface area contributed by atoms with Crippen LogP contribution in [0, 0.1) is 0 Å². The minimum absolute atomic E-state index is 0.0814. The zero-order valence-corrected chi connectivity index (χ0v) is 11.4. The molecule has 1 nitrogen and oxygen atoms in total. The van der Waals surface area contributed by atoms with E-state index in [4.69, 9.17) is 0 Å². The molecule has 0 N–H and O–H groups in total. The highest BCUT2D eigenvalue weighted by Crippen LogP contribution is 2.44. The first kappa shape index (κ1) is 11.8. The zero-order chi connectivity index (χ0) is 12.5. The lowest BCUT2D eigenvalue weighted by molar-refractivity contribution is 0.0957. The van der Waals surface area contributed by atoms with Crippen molar-refractivity contribution in [1.82, 2.24) is 0 Å². The largest absolute Gasteiger partial charge is 0.293 e.